The fourth-order valence-electron chi connectivity index (χ4n) is 5.11. The number of hydrogen-bond acceptors (Lipinski definition) is 4. The lowest BCUT2D eigenvalue weighted by Crippen LogP contribution is -2.47. The van der Waals surface area contributed by atoms with E-state index in [-0.39, 0.29) is 23.4 Å². The zero-order valence-electron chi connectivity index (χ0n) is 21.3. The first-order chi connectivity index (χ1) is 17.9. The molecule has 4 aromatic rings. The van der Waals surface area contributed by atoms with Crippen molar-refractivity contribution in [1.29, 1.82) is 0 Å². The van der Waals surface area contributed by atoms with Gasteiger partial charge in [0.15, 0.2) is 0 Å². The van der Waals surface area contributed by atoms with Gasteiger partial charge in [-0.25, -0.2) is 8.42 Å². The number of amides is 1. The number of nitrogens with zero attached hydrogens (tertiary/aromatic N) is 2. The highest BCUT2D eigenvalue weighted by molar-refractivity contribution is 7.89. The smallest absolute Gasteiger partial charge is 0.244 e. The zero-order valence-corrected chi connectivity index (χ0v) is 22.9. The molecule has 0 saturated heterocycles. The van der Waals surface area contributed by atoms with Crippen molar-refractivity contribution >= 4 is 38.0 Å². The molecule has 1 atom stereocenters. The molecule has 0 bridgehead atoms. The summed E-state index contributed by atoms with van der Waals surface area (Å²) in [6.45, 7) is 4.78. The van der Waals surface area contributed by atoms with Gasteiger partial charge in [0, 0.05) is 23.4 Å². The highest BCUT2D eigenvalue weighted by Crippen LogP contribution is 2.38. The highest BCUT2D eigenvalue weighted by atomic mass is 32.2. The fraction of sp³-hybridized carbons (Fsp3) is 0.300. The number of hydrogen-bond donors (Lipinski definition) is 0. The molecule has 0 saturated carbocycles. The van der Waals surface area contributed by atoms with Gasteiger partial charge in [0.25, 0.3) is 0 Å². The predicted molar refractivity (Wildman–Crippen MR) is 150 cm³/mol. The summed E-state index contributed by atoms with van der Waals surface area (Å²) in [5, 5.41) is 3.63. The molecule has 3 aromatic carbocycles. The van der Waals surface area contributed by atoms with E-state index in [0.717, 1.165) is 34.9 Å². The minimum atomic E-state index is -3.88. The van der Waals surface area contributed by atoms with E-state index in [1.165, 1.54) is 9.18 Å². The third kappa shape index (κ3) is 5.08. The Labute approximate surface area is 223 Å². The number of unbranched alkanes of at least 4 members (excludes halogenated alkanes) is 1. The Morgan fingerprint density at radius 3 is 2.57 bits per heavy atom. The van der Waals surface area contributed by atoms with Crippen LogP contribution in [0.2, 0.25) is 0 Å². The fourth-order valence-corrected chi connectivity index (χ4v) is 7.66. The van der Waals surface area contributed by atoms with Crippen molar-refractivity contribution in [3.8, 4) is 0 Å². The maximum Gasteiger partial charge on any atom is 0.244 e. The Balaban J connectivity index is 1.49. The molecule has 0 N–H and O–H groups in total. The van der Waals surface area contributed by atoms with Crippen LogP contribution in [-0.2, 0) is 21.2 Å². The molecular formula is C30H32N2O3S2. The SMILES string of the molecule is CCCCN(CC(=O)N1CCc2sccc2C1c1ccc(C)cc1)S(=O)(=O)c1cccc2ccccc12. The topological polar surface area (TPSA) is 57.7 Å². The molecule has 1 amide bonds. The lowest BCUT2D eigenvalue weighted by molar-refractivity contribution is -0.133. The van der Waals surface area contributed by atoms with E-state index in [9.17, 15) is 13.2 Å². The maximum atomic E-state index is 14.0. The van der Waals surface area contributed by atoms with E-state index in [2.05, 4.69) is 35.7 Å². The van der Waals surface area contributed by atoms with Crippen LogP contribution in [0.25, 0.3) is 10.8 Å². The second-order valence-electron chi connectivity index (χ2n) is 9.62. The summed E-state index contributed by atoms with van der Waals surface area (Å²) in [5.41, 5.74) is 3.36. The van der Waals surface area contributed by atoms with Crippen LogP contribution in [0.3, 0.4) is 0 Å². The van der Waals surface area contributed by atoms with Gasteiger partial charge in [-0.3, -0.25) is 4.79 Å². The third-order valence-electron chi connectivity index (χ3n) is 7.12. The van der Waals surface area contributed by atoms with Gasteiger partial charge < -0.3 is 4.90 Å². The van der Waals surface area contributed by atoms with Crippen molar-refractivity contribution in [3.63, 3.8) is 0 Å². The van der Waals surface area contributed by atoms with E-state index in [1.54, 1.807) is 23.5 Å². The molecule has 1 aromatic heterocycles. The van der Waals surface area contributed by atoms with Crippen LogP contribution in [0.5, 0.6) is 0 Å². The molecule has 1 aliphatic heterocycles. The molecule has 5 nitrogen and oxygen atoms in total. The van der Waals surface area contributed by atoms with E-state index >= 15 is 0 Å². The Bertz CT molecular complexity index is 1500. The number of carbonyl (C=O) groups is 1. The molecule has 2 heterocycles. The van der Waals surface area contributed by atoms with Crippen molar-refractivity contribution in [1.82, 2.24) is 9.21 Å². The zero-order chi connectivity index (χ0) is 26.0. The van der Waals surface area contributed by atoms with Crippen LogP contribution >= 0.6 is 11.3 Å². The Morgan fingerprint density at radius 2 is 1.78 bits per heavy atom. The second-order valence-corrected chi connectivity index (χ2v) is 12.5. The molecular weight excluding hydrogens is 500 g/mol. The molecule has 192 valence electrons. The van der Waals surface area contributed by atoms with E-state index in [1.807, 2.05) is 49.1 Å². The van der Waals surface area contributed by atoms with Gasteiger partial charge in [-0.2, -0.15) is 4.31 Å². The van der Waals surface area contributed by atoms with Gasteiger partial charge in [-0.1, -0.05) is 79.6 Å². The Kier molecular flexibility index (Phi) is 7.47. The van der Waals surface area contributed by atoms with E-state index < -0.39 is 10.0 Å². The van der Waals surface area contributed by atoms with Gasteiger partial charge >= 0.3 is 0 Å². The van der Waals surface area contributed by atoms with Crippen LogP contribution < -0.4 is 0 Å². The quantitative estimate of drug-likeness (QED) is 0.273. The average Bonchev–Trinajstić information content (AvgIpc) is 3.39. The first-order valence-corrected chi connectivity index (χ1v) is 15.1. The molecule has 37 heavy (non-hydrogen) atoms. The predicted octanol–water partition coefficient (Wildman–Crippen LogP) is 6.17. The molecule has 1 unspecified atom stereocenters. The van der Waals surface area contributed by atoms with Crippen LogP contribution in [0.4, 0.5) is 0 Å². The minimum absolute atomic E-state index is 0.165. The Hall–Kier alpha value is -3.00. The molecule has 1 aliphatic rings. The summed E-state index contributed by atoms with van der Waals surface area (Å²) in [7, 11) is -3.88. The van der Waals surface area contributed by atoms with Crippen molar-refractivity contribution in [2.24, 2.45) is 0 Å². The highest BCUT2D eigenvalue weighted by Gasteiger charge is 2.35. The minimum Gasteiger partial charge on any atom is -0.330 e. The molecule has 5 rings (SSSR count). The number of sulfonamides is 1. The van der Waals surface area contributed by atoms with Crippen molar-refractivity contribution < 1.29 is 13.2 Å². The average molecular weight is 533 g/mol. The maximum absolute atomic E-state index is 14.0. The largest absolute Gasteiger partial charge is 0.330 e. The summed E-state index contributed by atoms with van der Waals surface area (Å²) < 4.78 is 29.3. The molecule has 7 heteroatoms. The summed E-state index contributed by atoms with van der Waals surface area (Å²) >= 11 is 1.72. The summed E-state index contributed by atoms with van der Waals surface area (Å²) in [5.74, 6) is -0.165. The second kappa shape index (κ2) is 10.8. The molecule has 0 radical (unpaired) electrons. The number of aryl methyl sites for hydroxylation is 1. The standard InChI is InChI=1S/C30H32N2O3S2/c1-3-4-18-31(37(34,35)28-11-7-9-23-8-5-6-10-25(23)28)21-29(33)32-19-16-27-26(17-20-36-27)30(32)24-14-12-22(2)13-15-24/h5-15,17,20,30H,3-4,16,18-19,21H2,1-2H3. The van der Waals surface area contributed by atoms with Gasteiger partial charge in [0.2, 0.25) is 15.9 Å². The monoisotopic (exact) mass is 532 g/mol. The number of carbonyl (C=O) groups excluding carboxylic acids is 1. The van der Waals surface area contributed by atoms with E-state index in [0.29, 0.717) is 24.9 Å². The van der Waals surface area contributed by atoms with Gasteiger partial charge in [0.05, 0.1) is 17.5 Å². The van der Waals surface area contributed by atoms with Gasteiger partial charge in [-0.15, -0.1) is 11.3 Å². The van der Waals surface area contributed by atoms with Gasteiger partial charge in [-0.05, 0) is 53.8 Å². The normalized spacial score (nSPS) is 15.8. The van der Waals surface area contributed by atoms with E-state index in [4.69, 9.17) is 0 Å². The number of fused-ring (bicyclic) bond motifs is 2. The summed E-state index contributed by atoms with van der Waals surface area (Å²) in [6, 6.07) is 23.0. The number of rotatable bonds is 8. The molecule has 0 spiro atoms. The lowest BCUT2D eigenvalue weighted by Gasteiger charge is -2.37. The van der Waals surface area contributed by atoms with Crippen molar-refractivity contribution in [3.05, 3.63) is 99.7 Å². The third-order valence-corrected chi connectivity index (χ3v) is 10.0. The Morgan fingerprint density at radius 1 is 1.03 bits per heavy atom. The van der Waals surface area contributed by atoms with Crippen molar-refractivity contribution in [2.75, 3.05) is 19.6 Å². The van der Waals surface area contributed by atoms with Crippen LogP contribution in [-0.4, -0.2) is 43.2 Å². The van der Waals surface area contributed by atoms with Crippen LogP contribution in [0.1, 0.15) is 47.4 Å². The molecule has 0 aliphatic carbocycles. The van der Waals surface area contributed by atoms with Gasteiger partial charge in [0.1, 0.15) is 0 Å². The number of benzene rings is 3. The van der Waals surface area contributed by atoms with Crippen LogP contribution in [0, 0.1) is 6.92 Å². The number of thiophene rings is 1. The first kappa shape index (κ1) is 25.6. The molecule has 0 fully saturated rings. The summed E-state index contributed by atoms with van der Waals surface area (Å²) in [6.07, 6.45) is 2.31. The first-order valence-electron chi connectivity index (χ1n) is 12.8. The lowest BCUT2D eigenvalue weighted by atomic mass is 9.92. The van der Waals surface area contributed by atoms with Crippen LogP contribution in [0.15, 0.2) is 83.1 Å². The van der Waals surface area contributed by atoms with Crippen molar-refractivity contribution in [2.45, 2.75) is 44.0 Å². The summed E-state index contributed by atoms with van der Waals surface area (Å²) in [4.78, 5) is 17.3.